The number of aliphatic hydroxyl groups excluding tert-OH is 1. The molecule has 0 radical (unpaired) electrons. The van der Waals surface area contributed by atoms with Crippen molar-refractivity contribution in [1.82, 2.24) is 16.0 Å². The number of carboxylic acid groups (broad SMARTS) is 1. The summed E-state index contributed by atoms with van der Waals surface area (Å²) < 4.78 is 12.4. The number of phenolic OH excluding ortho intramolecular Hbond substituents is 1. The highest BCUT2D eigenvalue weighted by atomic mass is 127. The van der Waals surface area contributed by atoms with Gasteiger partial charge in [0, 0.05) is 12.3 Å². The molecule has 4 bridgehead atoms. The van der Waals surface area contributed by atoms with E-state index in [1.807, 2.05) is 29.5 Å². The number of aliphatic carboxylic acids is 1. The number of carbonyl (C=O) groups is 4. The zero-order valence-corrected chi connectivity index (χ0v) is 27.5. The number of ether oxygens (including phenoxy) is 2. The Morgan fingerprint density at radius 3 is 2.40 bits per heavy atom. The third-order valence-electron chi connectivity index (χ3n) is 6.48. The van der Waals surface area contributed by atoms with Crippen molar-refractivity contribution in [3.8, 4) is 11.5 Å². The standard InChI is InChI=1S/C28H35BrIN3O9/c1-12-6-14-7-16(29)23(12)41-20-11-15(8-17(30)22(20)35)9-18(32-27(40)42-28(3,4)5)24(36)33-21(13(2)34)25(37)31-19(10-14)26(38)39/h7-8,11-13,18-19,21,34-35H,6,9-10H2,1-5H3,(H,31,37)(H,32,40)(H,33,36)(H,38,39)/t12?,13-,18+,19+,21+/m1/s1. The van der Waals surface area contributed by atoms with Gasteiger partial charge in [0.1, 0.15) is 29.5 Å². The molecule has 14 heteroatoms. The molecule has 3 amide bonds. The number of hydrogen-bond donors (Lipinski definition) is 6. The van der Waals surface area contributed by atoms with Gasteiger partial charge in [0.05, 0.1) is 14.2 Å². The smallest absolute Gasteiger partial charge is 0.408 e. The Morgan fingerprint density at radius 2 is 1.83 bits per heavy atom. The molecular formula is C28H35BrIN3O9. The summed E-state index contributed by atoms with van der Waals surface area (Å²) in [5.74, 6) is -2.76. The number of fused-ring (bicyclic) bond motifs is 10. The minimum atomic E-state index is -1.53. The Labute approximate surface area is 265 Å². The van der Waals surface area contributed by atoms with Crippen molar-refractivity contribution >= 4 is 62.4 Å². The molecule has 4 rings (SSSR count). The van der Waals surface area contributed by atoms with Crippen LogP contribution in [0.4, 0.5) is 4.79 Å². The Hall–Kier alpha value is -2.85. The van der Waals surface area contributed by atoms with E-state index in [-0.39, 0.29) is 30.3 Å². The van der Waals surface area contributed by atoms with Crippen LogP contribution in [0.15, 0.2) is 34.0 Å². The molecule has 230 valence electrons. The normalized spacial score (nSPS) is 24.4. The van der Waals surface area contributed by atoms with Gasteiger partial charge in [-0.3, -0.25) is 9.59 Å². The number of aromatic hydroxyl groups is 1. The lowest BCUT2D eigenvalue weighted by molar-refractivity contribution is -0.143. The minimum absolute atomic E-state index is 0.0459. The summed E-state index contributed by atoms with van der Waals surface area (Å²) >= 11 is 5.42. The van der Waals surface area contributed by atoms with E-state index < -0.39 is 53.7 Å². The highest BCUT2D eigenvalue weighted by molar-refractivity contribution is 14.1. The van der Waals surface area contributed by atoms with Gasteiger partial charge >= 0.3 is 12.1 Å². The van der Waals surface area contributed by atoms with Crippen LogP contribution in [-0.4, -0.2) is 69.0 Å². The van der Waals surface area contributed by atoms with E-state index in [0.29, 0.717) is 31.4 Å². The van der Waals surface area contributed by atoms with Crippen molar-refractivity contribution < 1.29 is 44.0 Å². The van der Waals surface area contributed by atoms with Gasteiger partial charge in [0.25, 0.3) is 0 Å². The zero-order valence-electron chi connectivity index (χ0n) is 23.8. The molecule has 0 saturated carbocycles. The predicted molar refractivity (Wildman–Crippen MR) is 164 cm³/mol. The molecule has 2 heterocycles. The Morgan fingerprint density at radius 1 is 1.17 bits per heavy atom. The second-order valence-corrected chi connectivity index (χ2v) is 13.4. The van der Waals surface area contributed by atoms with Gasteiger partial charge in [-0.15, -0.1) is 0 Å². The molecule has 1 unspecified atom stereocenters. The molecule has 6 N–H and O–H groups in total. The third-order valence-corrected chi connectivity index (χ3v) is 7.92. The van der Waals surface area contributed by atoms with Crippen LogP contribution in [0.25, 0.3) is 0 Å². The molecule has 42 heavy (non-hydrogen) atoms. The van der Waals surface area contributed by atoms with Gasteiger partial charge in [-0.1, -0.05) is 12.5 Å². The molecule has 0 aromatic heterocycles. The summed E-state index contributed by atoms with van der Waals surface area (Å²) in [5, 5.41) is 38.4. The number of carbonyl (C=O) groups excluding carboxylic acids is 3. The predicted octanol–water partition coefficient (Wildman–Crippen LogP) is 3.22. The number of alkyl carbamates (subject to hydrolysis) is 1. The third kappa shape index (κ3) is 8.83. The first-order chi connectivity index (χ1) is 19.4. The number of amides is 3. The molecule has 2 aliphatic heterocycles. The van der Waals surface area contributed by atoms with E-state index in [2.05, 4.69) is 31.9 Å². The first-order valence-electron chi connectivity index (χ1n) is 13.2. The van der Waals surface area contributed by atoms with Gasteiger partial charge in [-0.2, -0.15) is 0 Å². The lowest BCUT2D eigenvalue weighted by Gasteiger charge is -2.27. The number of benzene rings is 1. The number of rotatable bonds is 3. The maximum absolute atomic E-state index is 13.5. The van der Waals surface area contributed by atoms with Gasteiger partial charge < -0.3 is 40.7 Å². The van der Waals surface area contributed by atoms with Crippen molar-refractivity contribution in [2.24, 2.45) is 5.92 Å². The van der Waals surface area contributed by atoms with E-state index in [0.717, 1.165) is 0 Å². The van der Waals surface area contributed by atoms with E-state index in [9.17, 15) is 34.5 Å². The van der Waals surface area contributed by atoms with Crippen molar-refractivity contribution in [2.75, 3.05) is 0 Å². The average Bonchev–Trinajstić information content (AvgIpc) is 2.84. The van der Waals surface area contributed by atoms with Crippen LogP contribution in [0.5, 0.6) is 11.5 Å². The summed E-state index contributed by atoms with van der Waals surface area (Å²) in [6.45, 7) is 8.13. The highest BCUT2D eigenvalue weighted by Gasteiger charge is 2.34. The molecular weight excluding hydrogens is 729 g/mol. The number of phenols is 1. The maximum Gasteiger partial charge on any atom is 0.408 e. The molecule has 0 fully saturated rings. The Kier molecular flexibility index (Phi) is 10.9. The van der Waals surface area contributed by atoms with E-state index in [1.54, 1.807) is 39.0 Å². The van der Waals surface area contributed by atoms with Crippen LogP contribution in [0.2, 0.25) is 0 Å². The molecule has 0 spiro atoms. The van der Waals surface area contributed by atoms with Crippen molar-refractivity contribution in [3.63, 3.8) is 0 Å². The van der Waals surface area contributed by atoms with E-state index >= 15 is 0 Å². The second kappa shape index (κ2) is 13.6. The highest BCUT2D eigenvalue weighted by Crippen LogP contribution is 2.40. The van der Waals surface area contributed by atoms with Crippen molar-refractivity contribution in [2.45, 2.75) is 83.7 Å². The van der Waals surface area contributed by atoms with Gasteiger partial charge in [-0.05, 0) is 103 Å². The lowest BCUT2D eigenvalue weighted by atomic mass is 9.90. The molecule has 12 nitrogen and oxygen atoms in total. The quantitative estimate of drug-likeness (QED) is 0.252. The van der Waals surface area contributed by atoms with Crippen LogP contribution in [0.3, 0.4) is 0 Å². The fourth-order valence-electron chi connectivity index (χ4n) is 4.54. The van der Waals surface area contributed by atoms with Crippen LogP contribution in [0, 0.1) is 9.49 Å². The van der Waals surface area contributed by atoms with Crippen LogP contribution >= 0.6 is 38.5 Å². The summed E-state index contributed by atoms with van der Waals surface area (Å²) in [4.78, 5) is 51.5. The first-order valence-corrected chi connectivity index (χ1v) is 15.1. The fourth-order valence-corrected chi connectivity index (χ4v) is 6.00. The first kappa shape index (κ1) is 33.6. The summed E-state index contributed by atoms with van der Waals surface area (Å²) in [5.41, 5.74) is 0.352. The number of aliphatic hydroxyl groups is 1. The lowest BCUT2D eigenvalue weighted by Crippen LogP contribution is -2.59. The topological polar surface area (TPSA) is 184 Å². The van der Waals surface area contributed by atoms with E-state index in [4.69, 9.17) is 9.47 Å². The van der Waals surface area contributed by atoms with Crippen LogP contribution in [-0.2, 0) is 25.5 Å². The van der Waals surface area contributed by atoms with Crippen molar-refractivity contribution in [1.29, 1.82) is 0 Å². The monoisotopic (exact) mass is 763 g/mol. The van der Waals surface area contributed by atoms with Gasteiger partial charge in [0.15, 0.2) is 11.5 Å². The number of nitrogens with one attached hydrogen (secondary N) is 3. The summed E-state index contributed by atoms with van der Waals surface area (Å²) in [7, 11) is 0. The summed E-state index contributed by atoms with van der Waals surface area (Å²) in [6, 6.07) is -1.02. The molecule has 3 aliphatic rings. The summed E-state index contributed by atoms with van der Waals surface area (Å²) in [6.07, 6.45) is -0.319. The number of carboxylic acids is 1. The largest absolute Gasteiger partial charge is 0.504 e. The molecule has 0 saturated heterocycles. The fraction of sp³-hybridized carbons (Fsp3) is 0.500. The maximum atomic E-state index is 13.5. The van der Waals surface area contributed by atoms with Gasteiger partial charge in [-0.25, -0.2) is 9.59 Å². The zero-order chi connectivity index (χ0) is 31.5. The number of halogens is 2. The number of hydrogen-bond acceptors (Lipinski definition) is 8. The van der Waals surface area contributed by atoms with Crippen molar-refractivity contribution in [3.05, 3.63) is 43.2 Å². The average molecular weight is 764 g/mol. The second-order valence-electron chi connectivity index (χ2n) is 11.4. The molecule has 1 aliphatic carbocycles. The van der Waals surface area contributed by atoms with Crippen LogP contribution < -0.4 is 20.7 Å². The molecule has 5 atom stereocenters. The SMILES string of the molecule is CC1CC2=CC(Br)=C1Oc1cc(cc(I)c1O)C[C@H](NC(=O)OC(C)(C)C)C(=O)N[C@@H]([C@@H](C)O)C(=O)N[C@H](C(=O)O)C2. The number of allylic oxidation sites excluding steroid dienone is 3. The molecule has 1 aromatic carbocycles. The van der Waals surface area contributed by atoms with Crippen LogP contribution in [0.1, 0.15) is 53.0 Å². The Balaban J connectivity index is 2.13. The minimum Gasteiger partial charge on any atom is -0.504 e. The molecule has 1 aromatic rings. The van der Waals surface area contributed by atoms with Gasteiger partial charge in [0.2, 0.25) is 11.8 Å². The van der Waals surface area contributed by atoms with E-state index in [1.165, 1.54) is 6.92 Å². The Bertz CT molecular complexity index is 1320.